The average Bonchev–Trinajstić information content (AvgIpc) is 3.15. The van der Waals surface area contributed by atoms with Gasteiger partial charge in [0.15, 0.2) is 11.8 Å². The van der Waals surface area contributed by atoms with Crippen molar-refractivity contribution >= 4 is 5.96 Å². The van der Waals surface area contributed by atoms with Crippen molar-refractivity contribution in [3.05, 3.63) is 11.6 Å². The Morgan fingerprint density at radius 1 is 1.17 bits per heavy atom. The molecule has 0 aromatic carbocycles. The van der Waals surface area contributed by atoms with E-state index in [0.717, 1.165) is 50.1 Å². The molecule has 7 nitrogen and oxygen atoms in total. The molecule has 1 saturated heterocycles. The van der Waals surface area contributed by atoms with Gasteiger partial charge in [-0.05, 0) is 58.7 Å². The van der Waals surface area contributed by atoms with Crippen molar-refractivity contribution in [1.29, 1.82) is 0 Å². The molecule has 3 rings (SSSR count). The molecule has 3 heterocycles. The third-order valence-corrected chi connectivity index (χ3v) is 5.93. The number of aryl methyl sites for hydroxylation is 1. The molecule has 2 N–H and O–H groups in total. The van der Waals surface area contributed by atoms with Crippen molar-refractivity contribution in [3.8, 4) is 0 Å². The van der Waals surface area contributed by atoms with Crippen LogP contribution in [0.5, 0.6) is 0 Å². The first-order valence-corrected chi connectivity index (χ1v) is 11.9. The van der Waals surface area contributed by atoms with Crippen LogP contribution in [0, 0.1) is 0 Å². The molecule has 164 valence electrons. The van der Waals surface area contributed by atoms with Crippen LogP contribution in [0.2, 0.25) is 0 Å². The molecule has 0 bridgehead atoms. The maximum Gasteiger partial charge on any atom is 0.191 e. The van der Waals surface area contributed by atoms with Gasteiger partial charge in [-0.3, -0.25) is 4.99 Å². The maximum atomic E-state index is 4.82. The summed E-state index contributed by atoms with van der Waals surface area (Å²) in [5, 5.41) is 11.7. The van der Waals surface area contributed by atoms with E-state index in [1.807, 2.05) is 0 Å². The molecule has 1 unspecified atom stereocenters. The van der Waals surface area contributed by atoms with Crippen molar-refractivity contribution in [2.75, 3.05) is 32.7 Å². The molecule has 29 heavy (non-hydrogen) atoms. The molecule has 1 atom stereocenters. The van der Waals surface area contributed by atoms with Gasteiger partial charge < -0.3 is 15.5 Å². The van der Waals surface area contributed by atoms with Crippen LogP contribution < -0.4 is 10.6 Å². The van der Waals surface area contributed by atoms with Crippen molar-refractivity contribution in [2.45, 2.75) is 90.6 Å². The highest BCUT2D eigenvalue weighted by Crippen LogP contribution is 2.17. The monoisotopic (exact) mass is 403 g/mol. The van der Waals surface area contributed by atoms with Gasteiger partial charge in [0.05, 0.1) is 6.54 Å². The van der Waals surface area contributed by atoms with Crippen LogP contribution in [0.4, 0.5) is 0 Å². The third kappa shape index (κ3) is 6.98. The summed E-state index contributed by atoms with van der Waals surface area (Å²) in [6.07, 6.45) is 9.99. The zero-order valence-electron chi connectivity index (χ0n) is 18.8. The molecule has 2 aliphatic heterocycles. The Morgan fingerprint density at radius 2 is 2.00 bits per heavy atom. The molecule has 0 saturated carbocycles. The van der Waals surface area contributed by atoms with Gasteiger partial charge in [-0.1, -0.05) is 26.7 Å². The lowest BCUT2D eigenvalue weighted by atomic mass is 10.1. The van der Waals surface area contributed by atoms with Crippen LogP contribution in [0.3, 0.4) is 0 Å². The number of hydrogen-bond acceptors (Lipinski definition) is 4. The summed E-state index contributed by atoms with van der Waals surface area (Å²) in [5.74, 6) is 3.42. The SMILES string of the molecule is CCNC(=NCCCCCN1CCCCC1)NC1CCc2nc(C(C)C)nn2C1. The van der Waals surface area contributed by atoms with Crippen LogP contribution in [-0.4, -0.2) is 64.4 Å². The topological polar surface area (TPSA) is 70.4 Å². The van der Waals surface area contributed by atoms with Crippen molar-refractivity contribution in [2.24, 2.45) is 4.99 Å². The lowest BCUT2D eigenvalue weighted by Gasteiger charge is -2.26. The second kappa shape index (κ2) is 11.5. The minimum Gasteiger partial charge on any atom is -0.357 e. The van der Waals surface area contributed by atoms with Gasteiger partial charge in [0.1, 0.15) is 5.82 Å². The Labute approximate surface area is 176 Å². The number of unbranched alkanes of at least 4 members (excludes halogenated alkanes) is 2. The fourth-order valence-corrected chi connectivity index (χ4v) is 4.20. The summed E-state index contributed by atoms with van der Waals surface area (Å²) in [6.45, 7) is 13.0. The number of nitrogens with one attached hydrogen (secondary N) is 2. The maximum absolute atomic E-state index is 4.82. The number of hydrogen-bond donors (Lipinski definition) is 2. The lowest BCUT2D eigenvalue weighted by molar-refractivity contribution is 0.224. The largest absolute Gasteiger partial charge is 0.357 e. The number of guanidine groups is 1. The highest BCUT2D eigenvalue weighted by atomic mass is 15.4. The van der Waals surface area contributed by atoms with E-state index >= 15 is 0 Å². The molecular weight excluding hydrogens is 362 g/mol. The van der Waals surface area contributed by atoms with Gasteiger partial charge in [0.25, 0.3) is 0 Å². The normalized spacial score (nSPS) is 20.7. The highest BCUT2D eigenvalue weighted by molar-refractivity contribution is 5.80. The molecule has 1 aromatic heterocycles. The Balaban J connectivity index is 1.39. The minimum atomic E-state index is 0.362. The number of piperidine rings is 1. The molecule has 2 aliphatic rings. The van der Waals surface area contributed by atoms with Crippen LogP contribution in [0.1, 0.15) is 83.3 Å². The van der Waals surface area contributed by atoms with E-state index in [4.69, 9.17) is 4.99 Å². The van der Waals surface area contributed by atoms with E-state index < -0.39 is 0 Å². The molecule has 7 heteroatoms. The van der Waals surface area contributed by atoms with Gasteiger partial charge in [0.2, 0.25) is 0 Å². The molecule has 0 amide bonds. The molecule has 0 radical (unpaired) electrons. The van der Waals surface area contributed by atoms with Crippen molar-refractivity contribution in [1.82, 2.24) is 30.3 Å². The standard InChI is InChI=1S/C22H41N7/c1-4-23-22(24-13-7-5-8-14-28-15-9-6-10-16-28)25-19-11-12-20-26-21(18(2)3)27-29(20)17-19/h18-19H,4-17H2,1-3H3,(H2,23,24,25). The van der Waals surface area contributed by atoms with Crippen molar-refractivity contribution < 1.29 is 0 Å². The summed E-state index contributed by atoms with van der Waals surface area (Å²) < 4.78 is 2.08. The van der Waals surface area contributed by atoms with Gasteiger partial charge in [-0.25, -0.2) is 9.67 Å². The second-order valence-corrected chi connectivity index (χ2v) is 8.83. The molecule has 1 aromatic rings. The fraction of sp³-hybridized carbons (Fsp3) is 0.864. The first-order valence-electron chi connectivity index (χ1n) is 11.9. The fourth-order valence-electron chi connectivity index (χ4n) is 4.20. The van der Waals surface area contributed by atoms with E-state index in [1.165, 1.54) is 58.2 Å². The summed E-state index contributed by atoms with van der Waals surface area (Å²) >= 11 is 0. The van der Waals surface area contributed by atoms with E-state index in [2.05, 4.69) is 51.1 Å². The van der Waals surface area contributed by atoms with E-state index in [-0.39, 0.29) is 0 Å². The van der Waals surface area contributed by atoms with E-state index in [0.29, 0.717) is 12.0 Å². The Kier molecular flexibility index (Phi) is 8.77. The number of likely N-dealkylation sites (tertiary alicyclic amines) is 1. The lowest BCUT2D eigenvalue weighted by Crippen LogP contribution is -2.47. The van der Waals surface area contributed by atoms with Gasteiger partial charge >= 0.3 is 0 Å². The second-order valence-electron chi connectivity index (χ2n) is 8.83. The summed E-state index contributed by atoms with van der Waals surface area (Å²) in [4.78, 5) is 12.1. The summed E-state index contributed by atoms with van der Waals surface area (Å²) in [6, 6.07) is 0.362. The Hall–Kier alpha value is -1.63. The molecule has 0 spiro atoms. The predicted molar refractivity (Wildman–Crippen MR) is 119 cm³/mol. The van der Waals surface area contributed by atoms with Gasteiger partial charge in [-0.2, -0.15) is 5.10 Å². The Bertz CT molecular complexity index is 631. The van der Waals surface area contributed by atoms with Crippen molar-refractivity contribution in [3.63, 3.8) is 0 Å². The first kappa shape index (κ1) is 22.1. The molecular formula is C22H41N7. The molecule has 1 fully saturated rings. The summed E-state index contributed by atoms with van der Waals surface area (Å²) in [5.41, 5.74) is 0. The predicted octanol–water partition coefficient (Wildman–Crippen LogP) is 2.93. The van der Waals surface area contributed by atoms with Gasteiger partial charge in [-0.15, -0.1) is 0 Å². The quantitative estimate of drug-likeness (QED) is 0.377. The number of fused-ring (bicyclic) bond motifs is 1. The number of aromatic nitrogens is 3. The summed E-state index contributed by atoms with van der Waals surface area (Å²) in [7, 11) is 0. The number of rotatable bonds is 9. The third-order valence-electron chi connectivity index (χ3n) is 5.93. The highest BCUT2D eigenvalue weighted by Gasteiger charge is 2.23. The Morgan fingerprint density at radius 3 is 2.76 bits per heavy atom. The van der Waals surface area contributed by atoms with Crippen LogP contribution in [-0.2, 0) is 13.0 Å². The minimum absolute atomic E-state index is 0.362. The number of nitrogens with zero attached hydrogens (tertiary/aromatic N) is 5. The van der Waals surface area contributed by atoms with Gasteiger partial charge in [0, 0.05) is 31.5 Å². The van der Waals surface area contributed by atoms with E-state index in [9.17, 15) is 0 Å². The smallest absolute Gasteiger partial charge is 0.191 e. The zero-order valence-corrected chi connectivity index (χ0v) is 18.8. The van der Waals surface area contributed by atoms with Crippen LogP contribution in [0.15, 0.2) is 4.99 Å². The van der Waals surface area contributed by atoms with Crippen LogP contribution in [0.25, 0.3) is 0 Å². The average molecular weight is 404 g/mol. The van der Waals surface area contributed by atoms with E-state index in [1.54, 1.807) is 0 Å². The number of aliphatic imine (C=N–C) groups is 1. The zero-order chi connectivity index (χ0) is 20.5. The molecule has 0 aliphatic carbocycles. The first-order chi connectivity index (χ1) is 14.2. The van der Waals surface area contributed by atoms with Crippen LogP contribution >= 0.6 is 0 Å².